The zero-order valence-electron chi connectivity index (χ0n) is 19.2. The van der Waals surface area contributed by atoms with E-state index in [4.69, 9.17) is 0 Å². The third-order valence-corrected chi connectivity index (χ3v) is 6.17. The summed E-state index contributed by atoms with van der Waals surface area (Å²) in [7, 11) is 0. The normalized spacial score (nSPS) is 12.1. The third kappa shape index (κ3) is 5.06. The van der Waals surface area contributed by atoms with Crippen LogP contribution in [0.5, 0.6) is 0 Å². The van der Waals surface area contributed by atoms with Gasteiger partial charge < -0.3 is 0 Å². The van der Waals surface area contributed by atoms with Crippen LogP contribution in [0.1, 0.15) is 42.9 Å². The molecule has 0 saturated carbocycles. The Balaban J connectivity index is 1.59. The summed E-state index contributed by atoms with van der Waals surface area (Å²) in [6.07, 6.45) is 1.63. The number of rotatable bonds is 7. The molecule has 4 aromatic carbocycles. The second kappa shape index (κ2) is 10.3. The molecule has 0 radical (unpaired) electrons. The molecule has 34 heavy (non-hydrogen) atoms. The largest absolute Gasteiger partial charge is 0.207 e. The molecule has 0 amide bonds. The van der Waals surface area contributed by atoms with Crippen LogP contribution in [0.15, 0.2) is 78.9 Å². The molecule has 0 aliphatic heterocycles. The molecule has 0 aromatic heterocycles. The fourth-order valence-corrected chi connectivity index (χ4v) is 4.34. The lowest BCUT2D eigenvalue weighted by Gasteiger charge is -2.13. The van der Waals surface area contributed by atoms with E-state index in [1.165, 1.54) is 17.7 Å². The van der Waals surface area contributed by atoms with E-state index >= 15 is 0 Å². The molecule has 0 unspecified atom stereocenters. The van der Waals surface area contributed by atoms with Crippen LogP contribution in [0.25, 0.3) is 22.3 Å². The molecule has 0 spiro atoms. The van der Waals surface area contributed by atoms with Gasteiger partial charge in [-0.25, -0.2) is 17.6 Å². The third-order valence-electron chi connectivity index (χ3n) is 6.17. The highest BCUT2D eigenvalue weighted by Gasteiger charge is 2.18. The summed E-state index contributed by atoms with van der Waals surface area (Å²) >= 11 is 0. The summed E-state index contributed by atoms with van der Waals surface area (Å²) in [5.74, 6) is -2.97. The lowest BCUT2D eigenvalue weighted by Crippen LogP contribution is -1.99. The summed E-state index contributed by atoms with van der Waals surface area (Å²) in [5, 5.41) is 0. The Morgan fingerprint density at radius 2 is 1.21 bits per heavy atom. The molecule has 4 heteroatoms. The standard InChI is InChI=1S/C30H26F4/c1-3-7-25-26(31)17-24(18-27(25)32)30-28(33)15-23(16-29(30)34)22-12-10-20(11-13-22)14-19(2)21-8-5-4-6-9-21/h4-6,8-13,15-19H,3,7,14H2,1-2H3/t19-/m0/s1. The Morgan fingerprint density at radius 3 is 1.76 bits per heavy atom. The highest BCUT2D eigenvalue weighted by Crippen LogP contribution is 2.33. The second-order valence-corrected chi connectivity index (χ2v) is 8.70. The number of benzene rings is 4. The summed E-state index contributed by atoms with van der Waals surface area (Å²) in [4.78, 5) is 0. The van der Waals surface area contributed by atoms with Crippen LogP contribution in [0, 0.1) is 23.3 Å². The molecular weight excluding hydrogens is 436 g/mol. The van der Waals surface area contributed by atoms with Crippen LogP contribution in [-0.2, 0) is 12.8 Å². The molecule has 0 saturated heterocycles. The van der Waals surface area contributed by atoms with Crippen LogP contribution in [-0.4, -0.2) is 0 Å². The number of hydrogen-bond donors (Lipinski definition) is 0. The molecule has 1 atom stereocenters. The van der Waals surface area contributed by atoms with Crippen LogP contribution in [0.3, 0.4) is 0 Å². The molecule has 4 rings (SSSR count). The van der Waals surface area contributed by atoms with Crippen LogP contribution >= 0.6 is 0 Å². The molecule has 0 heterocycles. The molecule has 174 valence electrons. The molecule has 0 N–H and O–H groups in total. The number of hydrogen-bond acceptors (Lipinski definition) is 0. The van der Waals surface area contributed by atoms with Crippen molar-refractivity contribution in [2.24, 2.45) is 0 Å². The van der Waals surface area contributed by atoms with Gasteiger partial charge in [-0.05, 0) is 70.8 Å². The molecule has 0 nitrogen and oxygen atoms in total. The molecule has 0 aliphatic rings. The first kappa shape index (κ1) is 23.7. The van der Waals surface area contributed by atoms with Crippen LogP contribution in [0.2, 0.25) is 0 Å². The maximum Gasteiger partial charge on any atom is 0.134 e. The van der Waals surface area contributed by atoms with Gasteiger partial charge in [0.05, 0.1) is 5.56 Å². The van der Waals surface area contributed by atoms with E-state index in [1.54, 1.807) is 6.92 Å². The van der Waals surface area contributed by atoms with Crippen molar-refractivity contribution in [3.05, 3.63) is 119 Å². The molecule has 0 aliphatic carbocycles. The van der Waals surface area contributed by atoms with Crippen molar-refractivity contribution in [3.63, 3.8) is 0 Å². The van der Waals surface area contributed by atoms with Gasteiger partial charge in [-0.1, -0.05) is 74.9 Å². The zero-order chi connectivity index (χ0) is 24.2. The van der Waals surface area contributed by atoms with Gasteiger partial charge in [0.1, 0.15) is 23.3 Å². The Kier molecular flexibility index (Phi) is 7.16. The smallest absolute Gasteiger partial charge is 0.134 e. The SMILES string of the molecule is CCCc1c(F)cc(-c2c(F)cc(-c3ccc(C[C@H](C)c4ccccc4)cc3)cc2F)cc1F. The highest BCUT2D eigenvalue weighted by atomic mass is 19.1. The first-order valence-electron chi connectivity index (χ1n) is 11.5. The average molecular weight is 463 g/mol. The molecule has 0 fully saturated rings. The molecule has 0 bridgehead atoms. The van der Waals surface area contributed by atoms with Crippen molar-refractivity contribution < 1.29 is 17.6 Å². The van der Waals surface area contributed by atoms with E-state index in [0.29, 0.717) is 23.5 Å². The first-order chi connectivity index (χ1) is 16.4. The second-order valence-electron chi connectivity index (χ2n) is 8.70. The van der Waals surface area contributed by atoms with Gasteiger partial charge >= 0.3 is 0 Å². The maximum atomic E-state index is 14.9. The minimum Gasteiger partial charge on any atom is -0.207 e. The quantitative estimate of drug-likeness (QED) is 0.241. The van der Waals surface area contributed by atoms with E-state index in [2.05, 4.69) is 19.1 Å². The predicted octanol–water partition coefficient (Wildman–Crippen LogP) is 8.88. The average Bonchev–Trinajstić information content (AvgIpc) is 2.82. The summed E-state index contributed by atoms with van der Waals surface area (Å²) < 4.78 is 58.6. The monoisotopic (exact) mass is 462 g/mol. The van der Waals surface area contributed by atoms with Gasteiger partial charge in [0.15, 0.2) is 0 Å². The van der Waals surface area contributed by atoms with Crippen LogP contribution < -0.4 is 0 Å². The first-order valence-corrected chi connectivity index (χ1v) is 11.5. The minimum atomic E-state index is -0.862. The molecule has 4 aromatic rings. The van der Waals surface area contributed by atoms with E-state index in [0.717, 1.165) is 24.1 Å². The fourth-order valence-electron chi connectivity index (χ4n) is 4.34. The fraction of sp³-hybridized carbons (Fsp3) is 0.200. The van der Waals surface area contributed by atoms with Gasteiger partial charge in [-0.3, -0.25) is 0 Å². The Hall–Kier alpha value is -3.40. The van der Waals surface area contributed by atoms with Crippen molar-refractivity contribution >= 4 is 0 Å². The maximum absolute atomic E-state index is 14.9. The Labute approximate surface area is 197 Å². The molecular formula is C30H26F4. The highest BCUT2D eigenvalue weighted by molar-refractivity contribution is 5.72. The van der Waals surface area contributed by atoms with Crippen LogP contribution in [0.4, 0.5) is 17.6 Å². The Morgan fingerprint density at radius 1 is 0.647 bits per heavy atom. The Bertz CT molecular complexity index is 1230. The van der Waals surface area contributed by atoms with Gasteiger partial charge in [0.2, 0.25) is 0 Å². The summed E-state index contributed by atoms with van der Waals surface area (Å²) in [6, 6.07) is 22.2. The van der Waals surface area contributed by atoms with E-state index in [-0.39, 0.29) is 17.5 Å². The summed E-state index contributed by atoms with van der Waals surface area (Å²) in [5.41, 5.74) is 2.75. The lowest BCUT2D eigenvalue weighted by molar-refractivity contribution is 0.552. The lowest BCUT2D eigenvalue weighted by atomic mass is 9.92. The van der Waals surface area contributed by atoms with Gasteiger partial charge in [0, 0.05) is 5.56 Å². The van der Waals surface area contributed by atoms with Gasteiger partial charge in [0.25, 0.3) is 0 Å². The van der Waals surface area contributed by atoms with Crippen molar-refractivity contribution in [2.75, 3.05) is 0 Å². The van der Waals surface area contributed by atoms with Crippen molar-refractivity contribution in [1.29, 1.82) is 0 Å². The van der Waals surface area contributed by atoms with Crippen molar-refractivity contribution in [1.82, 2.24) is 0 Å². The number of halogens is 4. The van der Waals surface area contributed by atoms with Gasteiger partial charge in [-0.15, -0.1) is 0 Å². The van der Waals surface area contributed by atoms with E-state index < -0.39 is 28.8 Å². The van der Waals surface area contributed by atoms with E-state index in [9.17, 15) is 17.6 Å². The van der Waals surface area contributed by atoms with Crippen molar-refractivity contribution in [3.8, 4) is 22.3 Å². The van der Waals surface area contributed by atoms with Crippen molar-refractivity contribution in [2.45, 2.75) is 39.0 Å². The zero-order valence-corrected chi connectivity index (χ0v) is 19.2. The van der Waals surface area contributed by atoms with Gasteiger partial charge in [-0.2, -0.15) is 0 Å². The minimum absolute atomic E-state index is 0.0645. The predicted molar refractivity (Wildman–Crippen MR) is 130 cm³/mol. The summed E-state index contributed by atoms with van der Waals surface area (Å²) in [6.45, 7) is 3.97. The topological polar surface area (TPSA) is 0 Å². The van der Waals surface area contributed by atoms with E-state index in [1.807, 2.05) is 42.5 Å².